The fraction of sp³-hybridized carbons (Fsp3) is 0.625. The van der Waals surface area contributed by atoms with Crippen LogP contribution in [-0.4, -0.2) is 31.3 Å². The second-order valence-corrected chi connectivity index (χ2v) is 5.61. The van der Waals surface area contributed by atoms with E-state index in [0.717, 1.165) is 37.9 Å². The molecule has 4 heteroatoms. The lowest BCUT2D eigenvalue weighted by molar-refractivity contribution is 0.283. The molecular weight excluding hydrogens is 255 g/mol. The number of halogens is 1. The number of nitrogens with one attached hydrogen (secondary N) is 1. The normalized spacial score (nSPS) is 14.6. The first-order chi connectivity index (χ1) is 9.72. The first-order valence-electron chi connectivity index (χ1n) is 7.55. The van der Waals surface area contributed by atoms with Crippen molar-refractivity contribution < 1.29 is 9.50 Å². The Morgan fingerprint density at radius 2 is 2.10 bits per heavy atom. The van der Waals surface area contributed by atoms with Crippen LogP contribution >= 0.6 is 0 Å². The molecule has 1 aromatic rings. The van der Waals surface area contributed by atoms with Gasteiger partial charge in [0, 0.05) is 32.8 Å². The quantitative estimate of drug-likeness (QED) is 0.683. The van der Waals surface area contributed by atoms with Gasteiger partial charge in [-0.3, -0.25) is 0 Å². The van der Waals surface area contributed by atoms with Gasteiger partial charge in [-0.25, -0.2) is 4.39 Å². The molecule has 0 spiro atoms. The zero-order chi connectivity index (χ0) is 14.4. The molecule has 112 valence electrons. The van der Waals surface area contributed by atoms with Crippen LogP contribution in [0.2, 0.25) is 0 Å². The van der Waals surface area contributed by atoms with Crippen LogP contribution in [0.15, 0.2) is 18.2 Å². The Bertz CT molecular complexity index is 421. The molecule has 1 saturated carbocycles. The van der Waals surface area contributed by atoms with Gasteiger partial charge in [0.05, 0.1) is 5.69 Å². The first-order valence-corrected chi connectivity index (χ1v) is 7.55. The van der Waals surface area contributed by atoms with Crippen LogP contribution in [-0.2, 0) is 6.54 Å². The molecule has 3 nitrogen and oxygen atoms in total. The number of nitrogens with zero attached hydrogens (tertiary/aromatic N) is 1. The zero-order valence-corrected chi connectivity index (χ0v) is 12.2. The van der Waals surface area contributed by atoms with Crippen LogP contribution in [0.3, 0.4) is 0 Å². The van der Waals surface area contributed by atoms with Crippen molar-refractivity contribution in [3.8, 4) is 0 Å². The van der Waals surface area contributed by atoms with Gasteiger partial charge in [-0.1, -0.05) is 12.1 Å². The number of aliphatic hydroxyl groups is 1. The lowest BCUT2D eigenvalue weighted by Crippen LogP contribution is -2.24. The molecule has 2 rings (SSSR count). The number of benzene rings is 1. The zero-order valence-electron chi connectivity index (χ0n) is 12.2. The molecule has 0 saturated heterocycles. The van der Waals surface area contributed by atoms with E-state index in [2.05, 4.69) is 5.32 Å². The van der Waals surface area contributed by atoms with Crippen LogP contribution in [0, 0.1) is 5.82 Å². The molecule has 0 radical (unpaired) electrons. The third-order valence-electron chi connectivity index (χ3n) is 3.76. The monoisotopic (exact) mass is 280 g/mol. The summed E-state index contributed by atoms with van der Waals surface area (Å²) in [7, 11) is 1.94. The highest BCUT2D eigenvalue weighted by Gasteiger charge is 2.21. The summed E-state index contributed by atoms with van der Waals surface area (Å²) in [6.45, 7) is 1.79. The molecule has 0 amide bonds. The van der Waals surface area contributed by atoms with Gasteiger partial charge in [-0.15, -0.1) is 0 Å². The Morgan fingerprint density at radius 1 is 1.30 bits per heavy atom. The SMILES string of the molecule is CN(CCCCCO)c1c(F)cccc1CNC1CC1. The number of anilines is 1. The van der Waals surface area contributed by atoms with Gasteiger partial charge in [0.25, 0.3) is 0 Å². The number of aliphatic hydroxyl groups excluding tert-OH is 1. The van der Waals surface area contributed by atoms with E-state index in [0.29, 0.717) is 11.7 Å². The third kappa shape index (κ3) is 4.46. The lowest BCUT2D eigenvalue weighted by Gasteiger charge is -2.23. The highest BCUT2D eigenvalue weighted by atomic mass is 19.1. The van der Waals surface area contributed by atoms with E-state index in [4.69, 9.17) is 5.11 Å². The second-order valence-electron chi connectivity index (χ2n) is 5.61. The molecule has 1 fully saturated rings. The summed E-state index contributed by atoms with van der Waals surface area (Å²) in [6, 6.07) is 5.93. The van der Waals surface area contributed by atoms with Gasteiger partial charge < -0.3 is 15.3 Å². The van der Waals surface area contributed by atoms with Crippen molar-refractivity contribution in [2.45, 2.75) is 44.7 Å². The summed E-state index contributed by atoms with van der Waals surface area (Å²) >= 11 is 0. The van der Waals surface area contributed by atoms with Crippen molar-refractivity contribution in [2.24, 2.45) is 0 Å². The molecule has 20 heavy (non-hydrogen) atoms. The summed E-state index contributed by atoms with van der Waals surface area (Å²) in [6.07, 6.45) is 5.25. The molecule has 1 aliphatic carbocycles. The van der Waals surface area contributed by atoms with Crippen LogP contribution in [0.5, 0.6) is 0 Å². The van der Waals surface area contributed by atoms with Crippen molar-refractivity contribution in [3.63, 3.8) is 0 Å². The van der Waals surface area contributed by atoms with Gasteiger partial charge in [0.15, 0.2) is 0 Å². The summed E-state index contributed by atoms with van der Waals surface area (Å²) in [5.41, 5.74) is 1.74. The summed E-state index contributed by atoms with van der Waals surface area (Å²) in [5.74, 6) is -0.148. The molecule has 1 aliphatic rings. The molecule has 0 unspecified atom stereocenters. The van der Waals surface area contributed by atoms with E-state index in [9.17, 15) is 4.39 Å². The van der Waals surface area contributed by atoms with E-state index in [1.807, 2.05) is 18.0 Å². The summed E-state index contributed by atoms with van der Waals surface area (Å²) in [4.78, 5) is 2.00. The number of rotatable bonds is 9. The Labute approximate surface area is 120 Å². The van der Waals surface area contributed by atoms with E-state index in [1.54, 1.807) is 6.07 Å². The topological polar surface area (TPSA) is 35.5 Å². The van der Waals surface area contributed by atoms with Crippen LogP contribution < -0.4 is 10.2 Å². The Morgan fingerprint density at radius 3 is 2.80 bits per heavy atom. The average molecular weight is 280 g/mol. The van der Waals surface area contributed by atoms with E-state index < -0.39 is 0 Å². The Balaban J connectivity index is 1.95. The van der Waals surface area contributed by atoms with Gasteiger partial charge in [0.1, 0.15) is 5.82 Å². The van der Waals surface area contributed by atoms with Crippen LogP contribution in [0.1, 0.15) is 37.7 Å². The lowest BCUT2D eigenvalue weighted by atomic mass is 10.1. The van der Waals surface area contributed by atoms with Gasteiger partial charge >= 0.3 is 0 Å². The van der Waals surface area contributed by atoms with Crippen molar-refractivity contribution in [1.29, 1.82) is 0 Å². The van der Waals surface area contributed by atoms with E-state index in [-0.39, 0.29) is 12.4 Å². The smallest absolute Gasteiger partial charge is 0.146 e. The average Bonchev–Trinajstić information content (AvgIpc) is 3.25. The molecule has 0 bridgehead atoms. The van der Waals surface area contributed by atoms with Crippen LogP contribution in [0.25, 0.3) is 0 Å². The molecule has 2 N–H and O–H groups in total. The predicted molar refractivity (Wildman–Crippen MR) is 80.5 cm³/mol. The number of hydrogen-bond donors (Lipinski definition) is 2. The third-order valence-corrected chi connectivity index (χ3v) is 3.76. The molecule has 0 aromatic heterocycles. The molecule has 0 atom stereocenters. The standard InChI is InChI=1S/C16H25FN2O/c1-19(10-3-2-4-11-20)16-13(6-5-7-15(16)17)12-18-14-8-9-14/h5-7,14,18,20H,2-4,8-12H2,1H3. The fourth-order valence-corrected chi connectivity index (χ4v) is 2.42. The fourth-order valence-electron chi connectivity index (χ4n) is 2.42. The van der Waals surface area contributed by atoms with Gasteiger partial charge in [-0.2, -0.15) is 0 Å². The maximum atomic E-state index is 14.1. The highest BCUT2D eigenvalue weighted by molar-refractivity contribution is 5.54. The minimum absolute atomic E-state index is 0.148. The number of para-hydroxylation sites is 1. The van der Waals surface area contributed by atoms with Crippen molar-refractivity contribution in [3.05, 3.63) is 29.6 Å². The maximum absolute atomic E-state index is 14.1. The molecule has 0 aliphatic heterocycles. The molecular formula is C16H25FN2O. The van der Waals surface area contributed by atoms with Crippen molar-refractivity contribution in [2.75, 3.05) is 25.1 Å². The predicted octanol–water partition coefficient (Wildman–Crippen LogP) is 2.68. The number of unbranched alkanes of at least 4 members (excludes halogenated alkanes) is 2. The van der Waals surface area contributed by atoms with Crippen molar-refractivity contribution in [1.82, 2.24) is 5.32 Å². The highest BCUT2D eigenvalue weighted by Crippen LogP contribution is 2.26. The Kier molecular flexibility index (Phi) is 5.80. The van der Waals surface area contributed by atoms with Crippen molar-refractivity contribution >= 4 is 5.69 Å². The minimum Gasteiger partial charge on any atom is -0.396 e. The van der Waals surface area contributed by atoms with Crippen LogP contribution in [0.4, 0.5) is 10.1 Å². The number of hydrogen-bond acceptors (Lipinski definition) is 3. The molecule has 0 heterocycles. The summed E-state index contributed by atoms with van der Waals surface area (Å²) < 4.78 is 14.1. The second kappa shape index (κ2) is 7.60. The van der Waals surface area contributed by atoms with Gasteiger partial charge in [0.2, 0.25) is 0 Å². The summed E-state index contributed by atoms with van der Waals surface area (Å²) in [5, 5.41) is 12.2. The Hall–Kier alpha value is -1.13. The minimum atomic E-state index is -0.148. The first kappa shape index (κ1) is 15.3. The maximum Gasteiger partial charge on any atom is 0.146 e. The molecule has 1 aromatic carbocycles. The van der Waals surface area contributed by atoms with E-state index in [1.165, 1.54) is 18.9 Å². The van der Waals surface area contributed by atoms with E-state index >= 15 is 0 Å². The largest absolute Gasteiger partial charge is 0.396 e. The van der Waals surface area contributed by atoms with Gasteiger partial charge in [-0.05, 0) is 43.7 Å².